The molecule has 1 aliphatic rings. The zero-order chi connectivity index (χ0) is 11.8. The van der Waals surface area contributed by atoms with Crippen LogP contribution in [-0.4, -0.2) is 4.98 Å². The predicted octanol–water partition coefficient (Wildman–Crippen LogP) is 3.00. The van der Waals surface area contributed by atoms with Gasteiger partial charge in [0, 0.05) is 17.9 Å². The van der Waals surface area contributed by atoms with E-state index in [2.05, 4.69) is 31.8 Å². The molecule has 3 unspecified atom stereocenters. The van der Waals surface area contributed by atoms with Gasteiger partial charge in [-0.05, 0) is 36.3 Å². The Morgan fingerprint density at radius 1 is 1.38 bits per heavy atom. The summed E-state index contributed by atoms with van der Waals surface area (Å²) in [5, 5.41) is 0. The molecular formula is C14H22N2. The van der Waals surface area contributed by atoms with Crippen molar-refractivity contribution >= 4 is 0 Å². The molecule has 1 aliphatic carbocycles. The van der Waals surface area contributed by atoms with E-state index in [0.29, 0.717) is 11.8 Å². The fourth-order valence-corrected chi connectivity index (χ4v) is 2.92. The first-order valence-electron chi connectivity index (χ1n) is 6.25. The summed E-state index contributed by atoms with van der Waals surface area (Å²) >= 11 is 0. The van der Waals surface area contributed by atoms with Crippen LogP contribution in [0.3, 0.4) is 0 Å². The van der Waals surface area contributed by atoms with Gasteiger partial charge in [-0.25, -0.2) is 0 Å². The van der Waals surface area contributed by atoms with Crippen molar-refractivity contribution in [3.05, 3.63) is 29.6 Å². The molecule has 1 fully saturated rings. The fraction of sp³-hybridized carbons (Fsp3) is 0.643. The third-order valence-corrected chi connectivity index (χ3v) is 4.33. The summed E-state index contributed by atoms with van der Waals surface area (Å²) in [6.45, 7) is 6.68. The number of aryl methyl sites for hydroxylation is 1. The van der Waals surface area contributed by atoms with E-state index in [1.165, 1.54) is 24.0 Å². The largest absolute Gasteiger partial charge is 0.321 e. The van der Waals surface area contributed by atoms with Crippen molar-refractivity contribution in [1.29, 1.82) is 0 Å². The number of nitrogens with two attached hydrogens (primary N) is 1. The van der Waals surface area contributed by atoms with Gasteiger partial charge in [0.15, 0.2) is 0 Å². The molecule has 0 amide bonds. The Labute approximate surface area is 98.3 Å². The molecular weight excluding hydrogens is 196 g/mol. The first-order chi connectivity index (χ1) is 7.54. The monoisotopic (exact) mass is 218 g/mol. The van der Waals surface area contributed by atoms with Crippen molar-refractivity contribution in [2.45, 2.75) is 45.6 Å². The van der Waals surface area contributed by atoms with Gasteiger partial charge in [-0.3, -0.25) is 4.98 Å². The van der Waals surface area contributed by atoms with Gasteiger partial charge in [0.25, 0.3) is 0 Å². The smallest absolute Gasteiger partial charge is 0.0453 e. The lowest BCUT2D eigenvalue weighted by Gasteiger charge is -2.43. The second-order valence-electron chi connectivity index (χ2n) is 5.45. The Bertz CT molecular complexity index is 375. The summed E-state index contributed by atoms with van der Waals surface area (Å²) < 4.78 is 0. The highest BCUT2D eigenvalue weighted by molar-refractivity contribution is 5.26. The molecule has 1 heterocycles. The van der Waals surface area contributed by atoms with E-state index in [4.69, 9.17) is 5.73 Å². The predicted molar refractivity (Wildman–Crippen MR) is 67.0 cm³/mol. The number of hydrogen-bond acceptors (Lipinski definition) is 2. The van der Waals surface area contributed by atoms with Crippen molar-refractivity contribution in [3.63, 3.8) is 0 Å². The van der Waals surface area contributed by atoms with Crippen molar-refractivity contribution in [1.82, 2.24) is 4.98 Å². The second-order valence-corrected chi connectivity index (χ2v) is 5.45. The maximum atomic E-state index is 6.64. The first-order valence-corrected chi connectivity index (χ1v) is 6.25. The molecule has 1 aromatic rings. The Balaban J connectivity index is 2.36. The van der Waals surface area contributed by atoms with E-state index in [9.17, 15) is 0 Å². The van der Waals surface area contributed by atoms with Crippen LogP contribution < -0.4 is 5.73 Å². The van der Waals surface area contributed by atoms with Crippen molar-refractivity contribution < 1.29 is 0 Å². The van der Waals surface area contributed by atoms with Crippen molar-refractivity contribution in [2.24, 2.45) is 17.6 Å². The molecule has 3 atom stereocenters. The SMILES string of the molecule is Cc1cncc(C2(N)CCCC(C)C2C)c1. The van der Waals surface area contributed by atoms with E-state index >= 15 is 0 Å². The van der Waals surface area contributed by atoms with E-state index < -0.39 is 0 Å². The lowest BCUT2D eigenvalue weighted by molar-refractivity contribution is 0.143. The minimum Gasteiger partial charge on any atom is -0.321 e. The molecule has 1 aromatic heterocycles. The molecule has 0 aromatic carbocycles. The minimum absolute atomic E-state index is 0.170. The van der Waals surface area contributed by atoms with Crippen molar-refractivity contribution in [2.75, 3.05) is 0 Å². The number of hydrogen-bond donors (Lipinski definition) is 1. The van der Waals surface area contributed by atoms with E-state index in [-0.39, 0.29) is 5.54 Å². The molecule has 88 valence electrons. The van der Waals surface area contributed by atoms with Crippen LogP contribution in [0.25, 0.3) is 0 Å². The molecule has 0 saturated heterocycles. The molecule has 16 heavy (non-hydrogen) atoms. The number of pyridine rings is 1. The maximum absolute atomic E-state index is 6.64. The summed E-state index contributed by atoms with van der Waals surface area (Å²) in [7, 11) is 0. The Morgan fingerprint density at radius 3 is 2.81 bits per heavy atom. The molecule has 0 bridgehead atoms. The van der Waals surface area contributed by atoms with Crippen LogP contribution in [-0.2, 0) is 5.54 Å². The number of rotatable bonds is 1. The van der Waals surface area contributed by atoms with Gasteiger partial charge in [-0.2, -0.15) is 0 Å². The van der Waals surface area contributed by atoms with Crippen LogP contribution in [0.4, 0.5) is 0 Å². The van der Waals surface area contributed by atoms with Crippen LogP contribution in [0.1, 0.15) is 44.2 Å². The van der Waals surface area contributed by atoms with Gasteiger partial charge in [-0.1, -0.05) is 32.8 Å². The summed E-state index contributed by atoms with van der Waals surface area (Å²) in [5.74, 6) is 1.24. The van der Waals surface area contributed by atoms with E-state index in [1.54, 1.807) is 0 Å². The van der Waals surface area contributed by atoms with Gasteiger partial charge in [0.05, 0.1) is 0 Å². The third-order valence-electron chi connectivity index (χ3n) is 4.33. The summed E-state index contributed by atoms with van der Waals surface area (Å²) in [5.41, 5.74) is 8.89. The highest BCUT2D eigenvalue weighted by Gasteiger charge is 2.39. The average molecular weight is 218 g/mol. The Morgan fingerprint density at radius 2 is 2.12 bits per heavy atom. The van der Waals surface area contributed by atoms with Gasteiger partial charge in [0.1, 0.15) is 0 Å². The molecule has 2 N–H and O–H groups in total. The molecule has 2 nitrogen and oxygen atoms in total. The van der Waals surface area contributed by atoms with Crippen LogP contribution in [0.15, 0.2) is 18.5 Å². The zero-order valence-electron chi connectivity index (χ0n) is 10.5. The second kappa shape index (κ2) is 4.17. The fourth-order valence-electron chi connectivity index (χ4n) is 2.92. The van der Waals surface area contributed by atoms with E-state index in [0.717, 1.165) is 6.42 Å². The van der Waals surface area contributed by atoms with Crippen LogP contribution >= 0.6 is 0 Å². The summed E-state index contributed by atoms with van der Waals surface area (Å²) in [4.78, 5) is 4.28. The summed E-state index contributed by atoms with van der Waals surface area (Å²) in [6, 6.07) is 2.20. The molecule has 0 radical (unpaired) electrons. The van der Waals surface area contributed by atoms with Gasteiger partial charge in [0.2, 0.25) is 0 Å². The highest BCUT2D eigenvalue weighted by Crippen LogP contribution is 2.42. The topological polar surface area (TPSA) is 38.9 Å². The molecule has 2 heteroatoms. The van der Waals surface area contributed by atoms with Gasteiger partial charge in [-0.15, -0.1) is 0 Å². The normalized spacial score (nSPS) is 35.0. The van der Waals surface area contributed by atoms with Gasteiger partial charge >= 0.3 is 0 Å². The lowest BCUT2D eigenvalue weighted by Crippen LogP contribution is -2.48. The first kappa shape index (κ1) is 11.6. The molecule has 2 rings (SSSR count). The number of nitrogens with zero attached hydrogens (tertiary/aromatic N) is 1. The Hall–Kier alpha value is -0.890. The Kier molecular flexibility index (Phi) is 3.02. The number of aromatic nitrogens is 1. The standard InChI is InChI=1S/C14H22N2/c1-10-7-13(9-16-8-10)14(15)6-4-5-11(2)12(14)3/h7-9,11-12H,4-6,15H2,1-3H3. The van der Waals surface area contributed by atoms with Crippen molar-refractivity contribution in [3.8, 4) is 0 Å². The van der Waals surface area contributed by atoms with Crippen LogP contribution in [0.5, 0.6) is 0 Å². The third kappa shape index (κ3) is 1.86. The van der Waals surface area contributed by atoms with Crippen LogP contribution in [0, 0.1) is 18.8 Å². The highest BCUT2D eigenvalue weighted by atomic mass is 14.8. The average Bonchev–Trinajstić information content (AvgIpc) is 2.26. The zero-order valence-corrected chi connectivity index (χ0v) is 10.5. The maximum Gasteiger partial charge on any atom is 0.0453 e. The van der Waals surface area contributed by atoms with Crippen LogP contribution in [0.2, 0.25) is 0 Å². The molecule has 1 saturated carbocycles. The van der Waals surface area contributed by atoms with Gasteiger partial charge < -0.3 is 5.73 Å². The summed E-state index contributed by atoms with van der Waals surface area (Å²) in [6.07, 6.45) is 7.46. The minimum atomic E-state index is -0.170. The van der Waals surface area contributed by atoms with E-state index in [1.807, 2.05) is 12.4 Å². The molecule has 0 aliphatic heterocycles. The molecule has 0 spiro atoms. The quantitative estimate of drug-likeness (QED) is 0.787. The lowest BCUT2D eigenvalue weighted by atomic mass is 9.66.